The Morgan fingerprint density at radius 2 is 1.22 bits per heavy atom. The minimum atomic E-state index is -3.62. The summed E-state index contributed by atoms with van der Waals surface area (Å²) in [4.78, 5) is 11.2. The molecule has 0 saturated heterocycles. The topological polar surface area (TPSA) is 52.4 Å². The average Bonchev–Trinajstić information content (AvgIpc) is 2.85. The maximum absolute atomic E-state index is 11.6. The van der Waals surface area contributed by atoms with Crippen LogP contribution in [-0.2, 0) is 6.16 Å². The number of nitro benzene ring substituents is 1. The van der Waals surface area contributed by atoms with Crippen LogP contribution in [0.2, 0.25) is 0 Å². The zero-order chi connectivity index (χ0) is 22.6. The number of halogens is 1. The van der Waals surface area contributed by atoms with Crippen molar-refractivity contribution in [2.75, 3.05) is 7.11 Å². The number of hydrogen-bond acceptors (Lipinski definition) is 3. The normalized spacial score (nSPS) is 12.5. The summed E-state index contributed by atoms with van der Waals surface area (Å²) in [5, 5.41) is 14.5. The second kappa shape index (κ2) is 8.74. The van der Waals surface area contributed by atoms with Crippen LogP contribution in [0.25, 0.3) is 0 Å². The van der Waals surface area contributed by atoms with Gasteiger partial charge in [0, 0.05) is 0 Å². The van der Waals surface area contributed by atoms with Gasteiger partial charge in [0.2, 0.25) is 0 Å². The maximum atomic E-state index is 11.6. The van der Waals surface area contributed by atoms with Crippen LogP contribution in [0.1, 0.15) is 5.56 Å². The summed E-state index contributed by atoms with van der Waals surface area (Å²) < 4.78 is 5.62. The first-order chi connectivity index (χ1) is 15.5. The fraction of sp³-hybridized carbons (Fsp3) is 0.0769. The molecule has 0 aliphatic rings. The summed E-state index contributed by atoms with van der Waals surface area (Å²) in [6.07, 6.45) is 0.371. The van der Waals surface area contributed by atoms with Crippen molar-refractivity contribution in [2.24, 2.45) is 0 Å². The van der Waals surface area contributed by atoms with Gasteiger partial charge in [-0.3, -0.25) is 0 Å². The third-order valence-corrected chi connectivity index (χ3v) is 13.0. The van der Waals surface area contributed by atoms with E-state index in [0.717, 1.165) is 15.9 Å². The molecule has 162 valence electrons. The third kappa shape index (κ3) is 3.66. The van der Waals surface area contributed by atoms with E-state index < -0.39 is 5.96 Å². The van der Waals surface area contributed by atoms with Gasteiger partial charge in [-0.2, -0.15) is 0 Å². The molecule has 4 rings (SSSR count). The summed E-state index contributed by atoms with van der Waals surface area (Å²) in [6.45, 7) is 0. The Labute approximate surface area is 192 Å². The van der Waals surface area contributed by atoms with Gasteiger partial charge < -0.3 is 0 Å². The molecular weight excluding hydrogens is 441 g/mol. The summed E-state index contributed by atoms with van der Waals surface area (Å²) in [5.74, 6) is -3.04. The first kappa shape index (κ1) is 22.0. The standard InChI is InChI=1S/C26H23ClNO3P/c1-31-26-18-17-22(28(29)30)19-21(26)20-32(27,23-11-5-2-6-12-23,24-13-7-3-8-14-24)25-15-9-4-10-16-25/h2-19H,20H2,1H3. The molecule has 6 heteroatoms. The molecule has 0 N–H and O–H groups in total. The Bertz CT molecular complexity index is 1130. The van der Waals surface area contributed by atoms with E-state index >= 15 is 0 Å². The van der Waals surface area contributed by atoms with E-state index in [0.29, 0.717) is 17.5 Å². The fourth-order valence-corrected chi connectivity index (χ4v) is 10.4. The summed E-state index contributed by atoms with van der Waals surface area (Å²) >= 11 is 8.07. The molecule has 0 atom stereocenters. The Morgan fingerprint density at radius 1 is 0.781 bits per heavy atom. The number of methoxy groups -OCH3 is 1. The first-order valence-electron chi connectivity index (χ1n) is 10.2. The molecular formula is C26H23ClNO3P. The summed E-state index contributed by atoms with van der Waals surface area (Å²) in [5.41, 5.74) is 0.711. The van der Waals surface area contributed by atoms with Crippen molar-refractivity contribution in [3.05, 3.63) is 125 Å². The van der Waals surface area contributed by atoms with Crippen LogP contribution >= 0.6 is 17.2 Å². The van der Waals surface area contributed by atoms with Crippen LogP contribution in [-0.4, -0.2) is 12.0 Å². The van der Waals surface area contributed by atoms with E-state index in [1.54, 1.807) is 19.2 Å². The van der Waals surface area contributed by atoms with Gasteiger partial charge in [0.25, 0.3) is 0 Å². The van der Waals surface area contributed by atoms with Gasteiger partial charge in [-0.15, -0.1) is 0 Å². The molecule has 0 radical (unpaired) electrons. The molecule has 4 aromatic carbocycles. The van der Waals surface area contributed by atoms with Gasteiger partial charge in [-0.05, 0) is 0 Å². The number of benzene rings is 4. The van der Waals surface area contributed by atoms with E-state index in [2.05, 4.69) is 36.4 Å². The van der Waals surface area contributed by atoms with Crippen molar-refractivity contribution in [3.63, 3.8) is 0 Å². The molecule has 32 heavy (non-hydrogen) atoms. The Balaban J connectivity index is 2.10. The van der Waals surface area contributed by atoms with Crippen LogP contribution in [0.5, 0.6) is 5.75 Å². The first-order valence-corrected chi connectivity index (χ1v) is 13.5. The molecule has 0 spiro atoms. The van der Waals surface area contributed by atoms with Gasteiger partial charge in [-0.1, -0.05) is 0 Å². The van der Waals surface area contributed by atoms with Gasteiger partial charge in [0.05, 0.1) is 0 Å². The van der Waals surface area contributed by atoms with Gasteiger partial charge in [0.15, 0.2) is 0 Å². The summed E-state index contributed by atoms with van der Waals surface area (Å²) in [6, 6.07) is 34.8. The van der Waals surface area contributed by atoms with E-state index in [9.17, 15) is 10.1 Å². The number of rotatable bonds is 7. The van der Waals surface area contributed by atoms with E-state index in [1.165, 1.54) is 6.07 Å². The van der Waals surface area contributed by atoms with Gasteiger partial charge >= 0.3 is 192 Å². The average molecular weight is 464 g/mol. The molecule has 0 unspecified atom stereocenters. The second-order valence-electron chi connectivity index (χ2n) is 7.60. The molecule has 0 aromatic heterocycles. The van der Waals surface area contributed by atoms with Crippen molar-refractivity contribution in [1.29, 1.82) is 0 Å². The number of ether oxygens (including phenoxy) is 1. The van der Waals surface area contributed by atoms with Crippen molar-refractivity contribution in [3.8, 4) is 5.75 Å². The van der Waals surface area contributed by atoms with Crippen LogP contribution in [0.4, 0.5) is 5.69 Å². The van der Waals surface area contributed by atoms with Crippen molar-refractivity contribution < 1.29 is 9.66 Å². The second-order valence-corrected chi connectivity index (χ2v) is 14.1. The molecule has 0 fully saturated rings. The Hall–Kier alpha value is -3.20. The van der Waals surface area contributed by atoms with Crippen LogP contribution in [0, 0.1) is 10.1 Å². The van der Waals surface area contributed by atoms with Crippen LogP contribution in [0.3, 0.4) is 0 Å². The van der Waals surface area contributed by atoms with E-state index in [-0.39, 0.29) is 10.6 Å². The molecule has 0 bridgehead atoms. The zero-order valence-corrected chi connectivity index (χ0v) is 19.2. The van der Waals surface area contributed by atoms with E-state index in [4.69, 9.17) is 16.0 Å². The van der Waals surface area contributed by atoms with Crippen molar-refractivity contribution in [2.45, 2.75) is 6.16 Å². The predicted octanol–water partition coefficient (Wildman–Crippen LogP) is 5.79. The van der Waals surface area contributed by atoms with Crippen LogP contribution < -0.4 is 20.7 Å². The number of hydrogen-bond donors (Lipinski definition) is 0. The molecule has 0 heterocycles. The summed E-state index contributed by atoms with van der Waals surface area (Å²) in [7, 11) is 1.57. The number of nitro groups is 1. The third-order valence-electron chi connectivity index (χ3n) is 5.83. The van der Waals surface area contributed by atoms with Crippen molar-refractivity contribution in [1.82, 2.24) is 0 Å². The SMILES string of the molecule is COc1ccc([N+](=O)[O-])cc1CP(Cl)(c1ccccc1)(c1ccccc1)c1ccccc1. The molecule has 4 aromatic rings. The fourth-order valence-electron chi connectivity index (χ4n) is 4.26. The van der Waals surface area contributed by atoms with Crippen molar-refractivity contribution >= 4 is 38.8 Å². The minimum absolute atomic E-state index is 0.0108. The zero-order valence-electron chi connectivity index (χ0n) is 17.6. The van der Waals surface area contributed by atoms with Gasteiger partial charge in [0.1, 0.15) is 0 Å². The van der Waals surface area contributed by atoms with E-state index in [1.807, 2.05) is 54.6 Å². The molecule has 4 nitrogen and oxygen atoms in total. The quantitative estimate of drug-likeness (QED) is 0.198. The molecule has 0 saturated carbocycles. The molecule has 0 aliphatic heterocycles. The Kier molecular flexibility index (Phi) is 6.01. The Morgan fingerprint density at radius 3 is 1.59 bits per heavy atom. The molecule has 0 aliphatic carbocycles. The van der Waals surface area contributed by atoms with Crippen LogP contribution in [0.15, 0.2) is 109 Å². The predicted molar refractivity (Wildman–Crippen MR) is 134 cm³/mol. The molecule has 0 amide bonds. The van der Waals surface area contributed by atoms with Gasteiger partial charge in [-0.25, -0.2) is 0 Å². The number of non-ortho nitro benzene ring substituents is 1. The monoisotopic (exact) mass is 463 g/mol. The number of nitrogens with zero attached hydrogens (tertiary/aromatic N) is 1.